The van der Waals surface area contributed by atoms with Gasteiger partial charge in [-0.15, -0.1) is 0 Å². The molecule has 3 rings (SSSR count). The molecule has 0 radical (unpaired) electrons. The van der Waals surface area contributed by atoms with E-state index >= 15 is 0 Å². The van der Waals surface area contributed by atoms with E-state index in [-0.39, 0.29) is 0 Å². The molecule has 4 nitrogen and oxygen atoms in total. The van der Waals surface area contributed by atoms with Crippen LogP contribution in [0.15, 0.2) is 59.4 Å². The molecule has 1 aromatic heterocycles. The summed E-state index contributed by atoms with van der Waals surface area (Å²) in [7, 11) is 0. The van der Waals surface area contributed by atoms with E-state index in [1.54, 1.807) is 36.4 Å². The maximum atomic E-state index is 11.7. The first-order valence-electron chi connectivity index (χ1n) is 6.19. The molecule has 0 amide bonds. The summed E-state index contributed by atoms with van der Waals surface area (Å²) >= 11 is 5.79. The Bertz CT molecular complexity index is 806. The lowest BCUT2D eigenvalue weighted by Crippen LogP contribution is -2.03. The minimum Gasteiger partial charge on any atom is -0.443 e. The largest absolute Gasteiger partial charge is 0.443 e. The zero-order valence-corrected chi connectivity index (χ0v) is 11.6. The number of carbonyl (C=O) groups excluding carboxylic acids is 1. The van der Waals surface area contributed by atoms with Crippen LogP contribution in [-0.2, 0) is 4.79 Å². The summed E-state index contributed by atoms with van der Waals surface area (Å²) in [6.45, 7) is 0. The third kappa shape index (κ3) is 3.30. The Balaban J connectivity index is 1.69. The Hall–Kier alpha value is -2.59. The molecule has 0 fully saturated rings. The third-order valence-electron chi connectivity index (χ3n) is 2.80. The molecular formula is C16H10ClNO3. The fraction of sp³-hybridized carbons (Fsp3) is 0. The van der Waals surface area contributed by atoms with E-state index in [0.29, 0.717) is 21.9 Å². The smallest absolute Gasteiger partial charge is 0.336 e. The van der Waals surface area contributed by atoms with Gasteiger partial charge in [0, 0.05) is 17.2 Å². The number of hydrogen-bond acceptors (Lipinski definition) is 4. The predicted molar refractivity (Wildman–Crippen MR) is 80.1 cm³/mol. The molecule has 0 bridgehead atoms. The fourth-order valence-corrected chi connectivity index (χ4v) is 1.92. The molecular weight excluding hydrogens is 290 g/mol. The SMILES string of the molecule is O=C(/C=C/c1ccc(Cl)cc1)Oc1ccc2ocnc2c1. The number of hydrogen-bond donors (Lipinski definition) is 0. The van der Waals surface area contributed by atoms with Crippen LogP contribution in [0.2, 0.25) is 5.02 Å². The molecule has 0 N–H and O–H groups in total. The van der Waals surface area contributed by atoms with Crippen molar-refractivity contribution in [2.45, 2.75) is 0 Å². The molecule has 2 aromatic carbocycles. The van der Waals surface area contributed by atoms with Crippen LogP contribution in [-0.4, -0.2) is 11.0 Å². The van der Waals surface area contributed by atoms with Gasteiger partial charge in [0.05, 0.1) is 0 Å². The van der Waals surface area contributed by atoms with Crippen molar-refractivity contribution < 1.29 is 13.9 Å². The second-order valence-corrected chi connectivity index (χ2v) is 4.72. The molecule has 5 heteroatoms. The molecule has 0 unspecified atom stereocenters. The average Bonchev–Trinajstić information content (AvgIpc) is 2.94. The van der Waals surface area contributed by atoms with Crippen molar-refractivity contribution in [1.82, 2.24) is 4.98 Å². The normalized spacial score (nSPS) is 11.1. The van der Waals surface area contributed by atoms with E-state index in [1.165, 1.54) is 12.5 Å². The molecule has 0 spiro atoms. The average molecular weight is 300 g/mol. The van der Waals surface area contributed by atoms with Crippen LogP contribution in [0.4, 0.5) is 0 Å². The summed E-state index contributed by atoms with van der Waals surface area (Å²) in [5.74, 6) is -0.0463. The minimum absolute atomic E-state index is 0.419. The lowest BCUT2D eigenvalue weighted by molar-refractivity contribution is -0.128. The third-order valence-corrected chi connectivity index (χ3v) is 3.05. The van der Waals surface area contributed by atoms with Crippen molar-refractivity contribution in [2.24, 2.45) is 0 Å². The molecule has 3 aromatic rings. The Morgan fingerprint density at radius 2 is 2.00 bits per heavy atom. The summed E-state index contributed by atoms with van der Waals surface area (Å²) in [6, 6.07) is 12.1. The van der Waals surface area contributed by atoms with Gasteiger partial charge in [-0.1, -0.05) is 23.7 Å². The standard InChI is InChI=1S/C16H10ClNO3/c17-12-4-1-11(2-5-12)3-8-16(19)21-13-6-7-15-14(9-13)18-10-20-15/h1-10H/b8-3+. The van der Waals surface area contributed by atoms with Gasteiger partial charge in [-0.05, 0) is 35.9 Å². The molecule has 0 saturated carbocycles. The molecule has 0 aliphatic rings. The van der Waals surface area contributed by atoms with Crippen molar-refractivity contribution >= 4 is 34.7 Å². The van der Waals surface area contributed by atoms with Gasteiger partial charge in [-0.25, -0.2) is 9.78 Å². The van der Waals surface area contributed by atoms with Crippen LogP contribution in [0.1, 0.15) is 5.56 Å². The second kappa shape index (κ2) is 5.81. The Morgan fingerprint density at radius 3 is 2.81 bits per heavy atom. The number of rotatable bonds is 3. The van der Waals surface area contributed by atoms with Crippen molar-refractivity contribution in [3.63, 3.8) is 0 Å². The highest BCUT2D eigenvalue weighted by Gasteiger charge is 2.04. The highest BCUT2D eigenvalue weighted by atomic mass is 35.5. The molecule has 0 atom stereocenters. The first-order valence-corrected chi connectivity index (χ1v) is 6.57. The fourth-order valence-electron chi connectivity index (χ4n) is 1.79. The number of fused-ring (bicyclic) bond motifs is 1. The van der Waals surface area contributed by atoms with Gasteiger partial charge in [0.2, 0.25) is 0 Å². The van der Waals surface area contributed by atoms with Gasteiger partial charge in [0.25, 0.3) is 0 Å². The van der Waals surface area contributed by atoms with Crippen LogP contribution in [0, 0.1) is 0 Å². The van der Waals surface area contributed by atoms with Gasteiger partial charge >= 0.3 is 5.97 Å². The lowest BCUT2D eigenvalue weighted by Gasteiger charge is -2.00. The minimum atomic E-state index is -0.465. The van der Waals surface area contributed by atoms with E-state index in [2.05, 4.69) is 4.98 Å². The van der Waals surface area contributed by atoms with E-state index in [1.807, 2.05) is 12.1 Å². The molecule has 104 valence electrons. The van der Waals surface area contributed by atoms with Gasteiger partial charge in [0.15, 0.2) is 12.0 Å². The Labute approximate surface area is 125 Å². The van der Waals surface area contributed by atoms with Crippen LogP contribution in [0.3, 0.4) is 0 Å². The number of carbonyl (C=O) groups is 1. The van der Waals surface area contributed by atoms with E-state index in [4.69, 9.17) is 20.8 Å². The molecule has 0 saturated heterocycles. The highest BCUT2D eigenvalue weighted by Crippen LogP contribution is 2.19. The monoisotopic (exact) mass is 299 g/mol. The summed E-state index contributed by atoms with van der Waals surface area (Å²) < 4.78 is 10.3. The Morgan fingerprint density at radius 1 is 1.19 bits per heavy atom. The summed E-state index contributed by atoms with van der Waals surface area (Å²) in [5.41, 5.74) is 2.15. The number of oxazole rings is 1. The van der Waals surface area contributed by atoms with Gasteiger partial charge in [0.1, 0.15) is 11.3 Å². The number of esters is 1. The van der Waals surface area contributed by atoms with Crippen LogP contribution in [0.5, 0.6) is 5.75 Å². The summed E-state index contributed by atoms with van der Waals surface area (Å²) in [5, 5.41) is 0.649. The number of halogens is 1. The maximum Gasteiger partial charge on any atom is 0.336 e. The van der Waals surface area contributed by atoms with Gasteiger partial charge in [-0.3, -0.25) is 0 Å². The first kappa shape index (κ1) is 13.4. The maximum absolute atomic E-state index is 11.7. The summed E-state index contributed by atoms with van der Waals surface area (Å²) in [4.78, 5) is 15.7. The second-order valence-electron chi connectivity index (χ2n) is 4.29. The topological polar surface area (TPSA) is 52.3 Å². The highest BCUT2D eigenvalue weighted by molar-refractivity contribution is 6.30. The number of nitrogens with zero attached hydrogens (tertiary/aromatic N) is 1. The molecule has 1 heterocycles. The quantitative estimate of drug-likeness (QED) is 0.415. The van der Waals surface area contributed by atoms with Gasteiger partial charge < -0.3 is 9.15 Å². The number of benzene rings is 2. The first-order chi connectivity index (χ1) is 10.2. The number of ether oxygens (including phenoxy) is 1. The zero-order chi connectivity index (χ0) is 14.7. The van der Waals surface area contributed by atoms with Crippen molar-refractivity contribution in [2.75, 3.05) is 0 Å². The van der Waals surface area contributed by atoms with Crippen molar-refractivity contribution in [3.8, 4) is 5.75 Å². The summed E-state index contributed by atoms with van der Waals surface area (Å²) in [6.07, 6.45) is 4.36. The molecule has 0 aliphatic carbocycles. The predicted octanol–water partition coefficient (Wildman–Crippen LogP) is 4.10. The van der Waals surface area contributed by atoms with Crippen molar-refractivity contribution in [3.05, 3.63) is 65.5 Å². The molecule has 21 heavy (non-hydrogen) atoms. The van der Waals surface area contributed by atoms with Crippen LogP contribution < -0.4 is 4.74 Å². The van der Waals surface area contributed by atoms with Gasteiger partial charge in [-0.2, -0.15) is 0 Å². The van der Waals surface area contributed by atoms with Crippen LogP contribution >= 0.6 is 11.6 Å². The van der Waals surface area contributed by atoms with Crippen LogP contribution in [0.25, 0.3) is 17.2 Å². The lowest BCUT2D eigenvalue weighted by atomic mass is 10.2. The van der Waals surface area contributed by atoms with Crippen molar-refractivity contribution in [1.29, 1.82) is 0 Å². The van der Waals surface area contributed by atoms with E-state index < -0.39 is 5.97 Å². The van der Waals surface area contributed by atoms with E-state index in [9.17, 15) is 4.79 Å². The Kier molecular flexibility index (Phi) is 3.71. The molecule has 0 aliphatic heterocycles. The zero-order valence-electron chi connectivity index (χ0n) is 10.8. The van der Waals surface area contributed by atoms with E-state index in [0.717, 1.165) is 5.56 Å². The number of aromatic nitrogens is 1.